The van der Waals surface area contributed by atoms with Gasteiger partial charge in [0.1, 0.15) is 6.04 Å². The van der Waals surface area contributed by atoms with Crippen LogP contribution in [0.25, 0.3) is 0 Å². The highest BCUT2D eigenvalue weighted by molar-refractivity contribution is 9.10. The van der Waals surface area contributed by atoms with Gasteiger partial charge in [0.05, 0.1) is 0 Å². The van der Waals surface area contributed by atoms with Gasteiger partial charge in [0.25, 0.3) is 0 Å². The van der Waals surface area contributed by atoms with Crippen molar-refractivity contribution in [2.75, 3.05) is 6.54 Å². The van der Waals surface area contributed by atoms with E-state index in [1.54, 1.807) is 12.1 Å². The second kappa shape index (κ2) is 4.73. The van der Waals surface area contributed by atoms with Crippen LogP contribution in [0.15, 0.2) is 22.7 Å². The van der Waals surface area contributed by atoms with Gasteiger partial charge < -0.3 is 10.4 Å². The maximum Gasteiger partial charge on any atom is 0.321 e. The van der Waals surface area contributed by atoms with E-state index in [2.05, 4.69) is 21.2 Å². The summed E-state index contributed by atoms with van der Waals surface area (Å²) in [5.41, 5.74) is 1.00. The molecule has 0 bridgehead atoms. The predicted molar refractivity (Wildman–Crippen MR) is 65.9 cm³/mol. The fourth-order valence-corrected chi connectivity index (χ4v) is 3.08. The Balaban J connectivity index is 2.32. The molecule has 1 aromatic carbocycles. The van der Waals surface area contributed by atoms with Crippen molar-refractivity contribution in [2.24, 2.45) is 0 Å². The zero-order chi connectivity index (χ0) is 11.7. The third-order valence-electron chi connectivity index (χ3n) is 2.85. The molecule has 0 amide bonds. The molecule has 0 aromatic heterocycles. The molecule has 2 unspecified atom stereocenters. The minimum atomic E-state index is -0.802. The summed E-state index contributed by atoms with van der Waals surface area (Å²) in [7, 11) is 0. The van der Waals surface area contributed by atoms with E-state index in [-0.39, 0.29) is 5.92 Å². The molecule has 1 aromatic rings. The SMILES string of the molecule is O=C(O)C1NCCC1c1ccc(Cl)cc1Br. The van der Waals surface area contributed by atoms with E-state index in [0.717, 1.165) is 23.0 Å². The highest BCUT2D eigenvalue weighted by Crippen LogP contribution is 2.34. The Morgan fingerprint density at radius 1 is 1.56 bits per heavy atom. The van der Waals surface area contributed by atoms with Crippen molar-refractivity contribution < 1.29 is 9.90 Å². The summed E-state index contributed by atoms with van der Waals surface area (Å²) in [4.78, 5) is 11.1. The maximum atomic E-state index is 11.1. The smallest absolute Gasteiger partial charge is 0.321 e. The van der Waals surface area contributed by atoms with E-state index in [1.165, 1.54) is 0 Å². The molecule has 86 valence electrons. The normalized spacial score (nSPS) is 24.6. The van der Waals surface area contributed by atoms with Crippen LogP contribution >= 0.6 is 27.5 Å². The largest absolute Gasteiger partial charge is 0.480 e. The average Bonchev–Trinajstić information content (AvgIpc) is 2.66. The average molecular weight is 305 g/mol. The van der Waals surface area contributed by atoms with Crippen LogP contribution in [0.3, 0.4) is 0 Å². The van der Waals surface area contributed by atoms with Crippen LogP contribution in [-0.2, 0) is 4.79 Å². The summed E-state index contributed by atoms with van der Waals surface area (Å²) in [5.74, 6) is -0.798. The maximum absolute atomic E-state index is 11.1. The second-order valence-corrected chi connectivity index (χ2v) is 5.12. The zero-order valence-electron chi connectivity index (χ0n) is 8.41. The fourth-order valence-electron chi connectivity index (χ4n) is 2.10. The third kappa shape index (κ3) is 2.24. The number of carbonyl (C=O) groups is 1. The molecule has 2 atom stereocenters. The lowest BCUT2D eigenvalue weighted by atomic mass is 9.92. The lowest BCUT2D eigenvalue weighted by Gasteiger charge is -2.17. The van der Waals surface area contributed by atoms with Crippen LogP contribution in [0.2, 0.25) is 5.02 Å². The Morgan fingerprint density at radius 2 is 2.31 bits per heavy atom. The molecule has 0 spiro atoms. The number of hydrogen-bond acceptors (Lipinski definition) is 2. The van der Waals surface area contributed by atoms with Gasteiger partial charge in [-0.1, -0.05) is 33.6 Å². The van der Waals surface area contributed by atoms with Crippen molar-refractivity contribution in [3.05, 3.63) is 33.3 Å². The van der Waals surface area contributed by atoms with Crippen molar-refractivity contribution in [3.63, 3.8) is 0 Å². The minimum absolute atomic E-state index is 0.00383. The number of carboxylic acid groups (broad SMARTS) is 1. The van der Waals surface area contributed by atoms with Gasteiger partial charge in [-0.15, -0.1) is 0 Å². The van der Waals surface area contributed by atoms with Crippen molar-refractivity contribution in [1.29, 1.82) is 0 Å². The van der Waals surface area contributed by atoms with Crippen molar-refractivity contribution >= 4 is 33.5 Å². The molecular formula is C11H11BrClNO2. The third-order valence-corrected chi connectivity index (χ3v) is 3.77. The van der Waals surface area contributed by atoms with Crippen LogP contribution in [0, 0.1) is 0 Å². The molecular weight excluding hydrogens is 293 g/mol. The van der Waals surface area contributed by atoms with Gasteiger partial charge >= 0.3 is 5.97 Å². The van der Waals surface area contributed by atoms with Gasteiger partial charge in [-0.3, -0.25) is 4.79 Å². The van der Waals surface area contributed by atoms with Crippen molar-refractivity contribution in [2.45, 2.75) is 18.4 Å². The minimum Gasteiger partial charge on any atom is -0.480 e. The number of nitrogens with one attached hydrogen (secondary N) is 1. The monoisotopic (exact) mass is 303 g/mol. The molecule has 2 N–H and O–H groups in total. The Kier molecular flexibility index (Phi) is 3.52. The number of rotatable bonds is 2. The second-order valence-electron chi connectivity index (χ2n) is 3.83. The lowest BCUT2D eigenvalue weighted by Crippen LogP contribution is -2.34. The standard InChI is InChI=1S/C11H11BrClNO2/c12-9-5-6(13)1-2-7(9)8-3-4-14-10(8)11(15)16/h1-2,5,8,10,14H,3-4H2,(H,15,16). The van der Waals surface area contributed by atoms with Crippen LogP contribution in [0.5, 0.6) is 0 Å². The first-order valence-electron chi connectivity index (χ1n) is 5.00. The summed E-state index contributed by atoms with van der Waals surface area (Å²) in [6.07, 6.45) is 0.831. The summed E-state index contributed by atoms with van der Waals surface area (Å²) in [6.45, 7) is 0.733. The van der Waals surface area contributed by atoms with E-state index in [1.807, 2.05) is 6.07 Å². The van der Waals surface area contributed by atoms with E-state index >= 15 is 0 Å². The van der Waals surface area contributed by atoms with Crippen LogP contribution in [0.4, 0.5) is 0 Å². The van der Waals surface area contributed by atoms with E-state index < -0.39 is 12.0 Å². The Hall–Kier alpha value is -0.580. The molecule has 5 heteroatoms. The molecule has 1 heterocycles. The topological polar surface area (TPSA) is 49.3 Å². The number of halogens is 2. The molecule has 0 saturated carbocycles. The van der Waals surface area contributed by atoms with Gasteiger partial charge in [0, 0.05) is 15.4 Å². The molecule has 1 fully saturated rings. The van der Waals surface area contributed by atoms with Crippen molar-refractivity contribution in [1.82, 2.24) is 5.32 Å². The first kappa shape index (κ1) is 11.9. The van der Waals surface area contributed by atoms with Crippen molar-refractivity contribution in [3.8, 4) is 0 Å². The van der Waals surface area contributed by atoms with Crippen LogP contribution in [-0.4, -0.2) is 23.7 Å². The highest BCUT2D eigenvalue weighted by Gasteiger charge is 2.34. The number of benzene rings is 1. The van der Waals surface area contributed by atoms with Crippen LogP contribution < -0.4 is 5.32 Å². The molecule has 1 saturated heterocycles. The number of hydrogen-bond donors (Lipinski definition) is 2. The molecule has 0 aliphatic carbocycles. The Morgan fingerprint density at radius 3 is 2.94 bits per heavy atom. The Bertz CT molecular complexity index is 424. The first-order chi connectivity index (χ1) is 7.59. The van der Waals surface area contributed by atoms with Gasteiger partial charge in [-0.25, -0.2) is 0 Å². The van der Waals surface area contributed by atoms with E-state index in [9.17, 15) is 4.79 Å². The van der Waals surface area contributed by atoms with Gasteiger partial charge in [-0.05, 0) is 30.7 Å². The molecule has 1 aliphatic heterocycles. The molecule has 3 nitrogen and oxygen atoms in total. The predicted octanol–water partition coefficient (Wildman–Crippen LogP) is 2.63. The summed E-state index contributed by atoms with van der Waals surface area (Å²) in [6, 6.07) is 4.98. The summed E-state index contributed by atoms with van der Waals surface area (Å²) < 4.78 is 0.875. The molecule has 16 heavy (non-hydrogen) atoms. The van der Waals surface area contributed by atoms with Crippen LogP contribution in [0.1, 0.15) is 17.9 Å². The summed E-state index contributed by atoms with van der Waals surface area (Å²) in [5, 5.41) is 12.7. The molecule has 2 rings (SSSR count). The lowest BCUT2D eigenvalue weighted by molar-refractivity contribution is -0.139. The highest BCUT2D eigenvalue weighted by atomic mass is 79.9. The number of carboxylic acids is 1. The molecule has 1 aliphatic rings. The number of aliphatic carboxylic acids is 1. The van der Waals surface area contributed by atoms with E-state index in [4.69, 9.17) is 16.7 Å². The van der Waals surface area contributed by atoms with E-state index in [0.29, 0.717) is 5.02 Å². The quantitative estimate of drug-likeness (QED) is 0.883. The van der Waals surface area contributed by atoms with Gasteiger partial charge in [0.15, 0.2) is 0 Å². The first-order valence-corrected chi connectivity index (χ1v) is 6.18. The molecule has 0 radical (unpaired) electrons. The summed E-state index contributed by atoms with van der Waals surface area (Å²) >= 11 is 9.29. The van der Waals surface area contributed by atoms with Gasteiger partial charge in [-0.2, -0.15) is 0 Å². The fraction of sp³-hybridized carbons (Fsp3) is 0.364. The Labute approximate surface area is 107 Å². The van der Waals surface area contributed by atoms with Gasteiger partial charge in [0.2, 0.25) is 0 Å². The zero-order valence-corrected chi connectivity index (χ0v) is 10.8.